The smallest absolute Gasteiger partial charge is 0.338 e. The molecule has 0 radical (unpaired) electrons. The summed E-state index contributed by atoms with van der Waals surface area (Å²) in [6, 6.07) is 11.4. The van der Waals surface area contributed by atoms with Crippen LogP contribution in [0, 0.1) is 0 Å². The van der Waals surface area contributed by atoms with Gasteiger partial charge in [-0.2, -0.15) is 0 Å². The molecule has 2 heterocycles. The number of esters is 2. The molecule has 0 fully saturated rings. The number of rotatable bonds is 8. The Labute approximate surface area is 223 Å². The van der Waals surface area contributed by atoms with Crippen molar-refractivity contribution in [1.82, 2.24) is 4.57 Å². The van der Waals surface area contributed by atoms with Crippen LogP contribution in [-0.2, 0) is 14.3 Å². The Hall–Kier alpha value is -4.18. The van der Waals surface area contributed by atoms with E-state index in [2.05, 4.69) is 4.99 Å². The van der Waals surface area contributed by atoms with Crippen molar-refractivity contribution in [3.05, 3.63) is 84.5 Å². The lowest BCUT2D eigenvalue weighted by molar-refractivity contribution is -0.139. The fourth-order valence-corrected chi connectivity index (χ4v) is 5.23. The first kappa shape index (κ1) is 26.9. The molecule has 10 heteroatoms. The molecule has 1 aliphatic heterocycles. The van der Waals surface area contributed by atoms with Crippen LogP contribution < -0.4 is 29.1 Å². The van der Waals surface area contributed by atoms with Gasteiger partial charge in [0.25, 0.3) is 5.56 Å². The number of hydrogen-bond donors (Lipinski definition) is 0. The van der Waals surface area contributed by atoms with Gasteiger partial charge in [0.05, 0.1) is 42.2 Å². The molecule has 9 nitrogen and oxygen atoms in total. The second-order valence-electron chi connectivity index (χ2n) is 8.31. The van der Waals surface area contributed by atoms with Crippen LogP contribution in [0.1, 0.15) is 44.9 Å². The van der Waals surface area contributed by atoms with E-state index in [1.807, 2.05) is 6.92 Å². The van der Waals surface area contributed by atoms with Gasteiger partial charge in [0.2, 0.25) is 0 Å². The lowest BCUT2D eigenvalue weighted by atomic mass is 9.95. The highest BCUT2D eigenvalue weighted by Gasteiger charge is 2.34. The molecular formula is C28H28N2O7S. The molecule has 2 aromatic carbocycles. The van der Waals surface area contributed by atoms with Crippen LogP contribution in [0.4, 0.5) is 0 Å². The molecule has 198 valence electrons. The number of carbonyl (C=O) groups excluding carboxylic acids is 2. The fourth-order valence-electron chi connectivity index (χ4n) is 4.19. The van der Waals surface area contributed by atoms with Crippen molar-refractivity contribution in [3.63, 3.8) is 0 Å². The molecule has 1 atom stereocenters. The first-order valence-corrected chi connectivity index (χ1v) is 12.9. The van der Waals surface area contributed by atoms with Crippen LogP contribution >= 0.6 is 11.3 Å². The van der Waals surface area contributed by atoms with Crippen molar-refractivity contribution in [2.24, 2.45) is 4.99 Å². The molecule has 1 aromatic heterocycles. The van der Waals surface area contributed by atoms with Crippen molar-refractivity contribution >= 4 is 29.4 Å². The van der Waals surface area contributed by atoms with Crippen LogP contribution in [0.2, 0.25) is 0 Å². The summed E-state index contributed by atoms with van der Waals surface area (Å²) in [4.78, 5) is 43.1. The van der Waals surface area contributed by atoms with E-state index in [4.69, 9.17) is 18.9 Å². The summed E-state index contributed by atoms with van der Waals surface area (Å²) in [5, 5.41) is 0. The average Bonchev–Trinajstić information content (AvgIpc) is 3.18. The molecule has 0 saturated heterocycles. The molecule has 38 heavy (non-hydrogen) atoms. The zero-order chi connectivity index (χ0) is 27.4. The maximum absolute atomic E-state index is 13.8. The summed E-state index contributed by atoms with van der Waals surface area (Å²) < 4.78 is 23.6. The SMILES string of the molecule is CCOC(=O)C1=C(C)N=c2s/c(=C\c3ccc(OC(C)=O)cc3)c(=O)n2[C@H]1c1ccc(OC)c(OCC)c1. The summed E-state index contributed by atoms with van der Waals surface area (Å²) >= 11 is 1.22. The lowest BCUT2D eigenvalue weighted by Crippen LogP contribution is -2.40. The third kappa shape index (κ3) is 5.40. The summed E-state index contributed by atoms with van der Waals surface area (Å²) in [6.45, 7) is 7.25. The Balaban J connectivity index is 1.89. The lowest BCUT2D eigenvalue weighted by Gasteiger charge is -2.25. The van der Waals surface area contributed by atoms with Crippen molar-refractivity contribution < 1.29 is 28.5 Å². The molecular weight excluding hydrogens is 508 g/mol. The summed E-state index contributed by atoms with van der Waals surface area (Å²) in [6.07, 6.45) is 1.74. The minimum atomic E-state index is -0.774. The molecule has 0 N–H and O–H groups in total. The van der Waals surface area contributed by atoms with Gasteiger partial charge in [0, 0.05) is 6.92 Å². The first-order valence-electron chi connectivity index (χ1n) is 12.1. The van der Waals surface area contributed by atoms with E-state index in [1.165, 1.54) is 22.8 Å². The highest BCUT2D eigenvalue weighted by molar-refractivity contribution is 7.07. The standard InChI is InChI=1S/C28H28N2O7S/c1-6-35-22-15-19(10-13-21(22)34-5)25-24(27(33)36-7-2)16(3)29-28-30(25)26(32)23(38-28)14-18-8-11-20(12-9-18)37-17(4)31/h8-15,25H,6-7H2,1-5H3/b23-14-/t25-/m0/s1. The second-order valence-corrected chi connectivity index (χ2v) is 9.32. The topological polar surface area (TPSA) is 105 Å². The van der Waals surface area contributed by atoms with E-state index in [0.717, 1.165) is 5.56 Å². The molecule has 1 aliphatic rings. The normalized spacial score (nSPS) is 15.0. The molecule has 0 unspecified atom stereocenters. The monoisotopic (exact) mass is 536 g/mol. The van der Waals surface area contributed by atoms with Crippen LogP contribution in [0.25, 0.3) is 6.08 Å². The quantitative estimate of drug-likeness (QED) is 0.322. The minimum Gasteiger partial charge on any atom is -0.493 e. The number of methoxy groups -OCH3 is 1. The van der Waals surface area contributed by atoms with E-state index in [0.29, 0.717) is 44.4 Å². The molecule has 0 spiro atoms. The highest BCUT2D eigenvalue weighted by Crippen LogP contribution is 2.36. The van der Waals surface area contributed by atoms with Crippen LogP contribution in [0.15, 0.2) is 63.5 Å². The minimum absolute atomic E-state index is 0.183. The van der Waals surface area contributed by atoms with Gasteiger partial charge in [0.1, 0.15) is 5.75 Å². The third-order valence-electron chi connectivity index (χ3n) is 5.76. The predicted molar refractivity (Wildman–Crippen MR) is 142 cm³/mol. The number of carbonyl (C=O) groups is 2. The maximum Gasteiger partial charge on any atom is 0.338 e. The predicted octanol–water partition coefficient (Wildman–Crippen LogP) is 3.13. The van der Waals surface area contributed by atoms with E-state index < -0.39 is 18.0 Å². The van der Waals surface area contributed by atoms with Gasteiger partial charge in [-0.05, 0) is 62.2 Å². The Kier molecular flexibility index (Phi) is 8.11. The van der Waals surface area contributed by atoms with Gasteiger partial charge in [0.15, 0.2) is 16.3 Å². The van der Waals surface area contributed by atoms with Crippen LogP contribution in [0.5, 0.6) is 17.2 Å². The van der Waals surface area contributed by atoms with Crippen molar-refractivity contribution in [2.75, 3.05) is 20.3 Å². The number of allylic oxidation sites excluding steroid dienone is 1. The van der Waals surface area contributed by atoms with Gasteiger partial charge in [-0.25, -0.2) is 9.79 Å². The van der Waals surface area contributed by atoms with E-state index >= 15 is 0 Å². The van der Waals surface area contributed by atoms with Crippen LogP contribution in [0.3, 0.4) is 0 Å². The van der Waals surface area contributed by atoms with Gasteiger partial charge < -0.3 is 18.9 Å². The number of aromatic nitrogens is 1. The Morgan fingerprint density at radius 3 is 2.45 bits per heavy atom. The van der Waals surface area contributed by atoms with Crippen molar-refractivity contribution in [1.29, 1.82) is 0 Å². The van der Waals surface area contributed by atoms with Crippen LogP contribution in [-0.4, -0.2) is 36.8 Å². The summed E-state index contributed by atoms with van der Waals surface area (Å²) in [5.74, 6) is 0.502. The molecule has 0 bridgehead atoms. The number of nitrogens with zero attached hydrogens (tertiary/aromatic N) is 2. The summed E-state index contributed by atoms with van der Waals surface area (Å²) in [5.41, 5.74) is 1.85. The molecule has 0 aliphatic carbocycles. The second kappa shape index (κ2) is 11.5. The zero-order valence-corrected chi connectivity index (χ0v) is 22.6. The zero-order valence-electron chi connectivity index (χ0n) is 21.8. The fraction of sp³-hybridized carbons (Fsp3) is 0.286. The summed E-state index contributed by atoms with van der Waals surface area (Å²) in [7, 11) is 1.55. The van der Waals surface area contributed by atoms with Gasteiger partial charge in [-0.1, -0.05) is 29.5 Å². The van der Waals surface area contributed by atoms with Gasteiger partial charge >= 0.3 is 11.9 Å². The number of fused-ring (bicyclic) bond motifs is 1. The molecule has 0 saturated carbocycles. The number of hydrogen-bond acceptors (Lipinski definition) is 9. The highest BCUT2D eigenvalue weighted by atomic mass is 32.1. The molecule has 4 rings (SSSR count). The van der Waals surface area contributed by atoms with Crippen molar-refractivity contribution in [2.45, 2.75) is 33.7 Å². The van der Waals surface area contributed by atoms with Crippen molar-refractivity contribution in [3.8, 4) is 17.2 Å². The van der Waals surface area contributed by atoms with Gasteiger partial charge in [-0.15, -0.1) is 0 Å². The van der Waals surface area contributed by atoms with E-state index in [1.54, 1.807) is 69.5 Å². The Bertz CT molecular complexity index is 1580. The molecule has 3 aromatic rings. The molecule has 0 amide bonds. The largest absolute Gasteiger partial charge is 0.493 e. The number of benzene rings is 2. The number of ether oxygens (including phenoxy) is 4. The van der Waals surface area contributed by atoms with Gasteiger partial charge in [-0.3, -0.25) is 14.2 Å². The Morgan fingerprint density at radius 2 is 1.82 bits per heavy atom. The van der Waals surface area contributed by atoms with E-state index in [9.17, 15) is 14.4 Å². The first-order chi connectivity index (χ1) is 18.3. The third-order valence-corrected chi connectivity index (χ3v) is 6.74. The van der Waals surface area contributed by atoms with E-state index in [-0.39, 0.29) is 17.7 Å². The average molecular weight is 537 g/mol. The number of thiazole rings is 1. The maximum atomic E-state index is 13.8. The Morgan fingerprint density at radius 1 is 1.08 bits per heavy atom.